The first-order valence-corrected chi connectivity index (χ1v) is 9.39. The van der Waals surface area contributed by atoms with Crippen LogP contribution in [0.1, 0.15) is 12.0 Å². The number of hydrogen-bond acceptors (Lipinski definition) is 3. The molecule has 0 fully saturated rings. The lowest BCUT2D eigenvalue weighted by atomic mass is 10.1. The lowest BCUT2D eigenvalue weighted by molar-refractivity contribution is -0.120. The zero-order chi connectivity index (χ0) is 17.6. The fourth-order valence-corrected chi connectivity index (χ4v) is 3.44. The van der Waals surface area contributed by atoms with Gasteiger partial charge >= 0.3 is 0 Å². The SMILES string of the molecule is O=C(CCS(=O)(=O)c1ccc(Cl)cc1)NCCc1ccc(F)cc1. The first-order valence-electron chi connectivity index (χ1n) is 7.36. The van der Waals surface area contributed by atoms with E-state index in [-0.39, 0.29) is 28.8 Å². The number of nitrogens with one attached hydrogen (secondary N) is 1. The number of carbonyl (C=O) groups is 1. The van der Waals surface area contributed by atoms with Crippen LogP contribution < -0.4 is 5.32 Å². The number of hydrogen-bond donors (Lipinski definition) is 1. The summed E-state index contributed by atoms with van der Waals surface area (Å²) < 4.78 is 37.0. The lowest BCUT2D eigenvalue weighted by Gasteiger charge is -2.07. The van der Waals surface area contributed by atoms with Crippen LogP contribution in [-0.2, 0) is 21.1 Å². The smallest absolute Gasteiger partial charge is 0.221 e. The van der Waals surface area contributed by atoms with Crippen molar-refractivity contribution in [3.05, 3.63) is 64.9 Å². The Kier molecular flexibility index (Phi) is 6.34. The molecule has 128 valence electrons. The van der Waals surface area contributed by atoms with Crippen LogP contribution in [0.2, 0.25) is 5.02 Å². The van der Waals surface area contributed by atoms with Crippen molar-refractivity contribution in [3.8, 4) is 0 Å². The minimum absolute atomic E-state index is 0.117. The number of carbonyl (C=O) groups excluding carboxylic acids is 1. The monoisotopic (exact) mass is 369 g/mol. The first-order chi connectivity index (χ1) is 11.4. The van der Waals surface area contributed by atoms with Gasteiger partial charge in [-0.25, -0.2) is 12.8 Å². The van der Waals surface area contributed by atoms with E-state index >= 15 is 0 Å². The van der Waals surface area contributed by atoms with Crippen LogP contribution >= 0.6 is 11.6 Å². The molecule has 7 heteroatoms. The van der Waals surface area contributed by atoms with Crippen molar-refractivity contribution in [2.24, 2.45) is 0 Å². The highest BCUT2D eigenvalue weighted by molar-refractivity contribution is 7.91. The van der Waals surface area contributed by atoms with Gasteiger partial charge in [-0.1, -0.05) is 23.7 Å². The lowest BCUT2D eigenvalue weighted by Crippen LogP contribution is -2.27. The second kappa shape index (κ2) is 8.26. The predicted molar refractivity (Wildman–Crippen MR) is 91.2 cm³/mol. The van der Waals surface area contributed by atoms with E-state index < -0.39 is 9.84 Å². The Balaban J connectivity index is 1.78. The van der Waals surface area contributed by atoms with Crippen molar-refractivity contribution in [1.82, 2.24) is 5.32 Å². The molecule has 0 radical (unpaired) electrons. The molecule has 0 aliphatic rings. The van der Waals surface area contributed by atoms with Crippen LogP contribution in [0.4, 0.5) is 4.39 Å². The van der Waals surface area contributed by atoms with Crippen LogP contribution in [0, 0.1) is 5.82 Å². The summed E-state index contributed by atoms with van der Waals surface area (Å²) in [5, 5.41) is 3.11. The number of rotatable bonds is 7. The fourth-order valence-electron chi connectivity index (χ4n) is 2.07. The molecule has 0 atom stereocenters. The van der Waals surface area contributed by atoms with Crippen LogP contribution in [0.25, 0.3) is 0 Å². The van der Waals surface area contributed by atoms with Gasteiger partial charge in [-0.3, -0.25) is 4.79 Å². The van der Waals surface area contributed by atoms with Gasteiger partial charge in [-0.05, 0) is 48.4 Å². The molecule has 0 aromatic heterocycles. The van der Waals surface area contributed by atoms with Gasteiger partial charge in [-0.2, -0.15) is 0 Å². The van der Waals surface area contributed by atoms with Crippen molar-refractivity contribution in [1.29, 1.82) is 0 Å². The van der Waals surface area contributed by atoms with Gasteiger partial charge in [0, 0.05) is 18.0 Å². The van der Waals surface area contributed by atoms with Gasteiger partial charge in [0.25, 0.3) is 0 Å². The molecule has 0 saturated carbocycles. The van der Waals surface area contributed by atoms with Crippen LogP contribution in [0.3, 0.4) is 0 Å². The summed E-state index contributed by atoms with van der Waals surface area (Å²) in [6, 6.07) is 11.8. The van der Waals surface area contributed by atoms with Crippen LogP contribution in [0.15, 0.2) is 53.4 Å². The third-order valence-electron chi connectivity index (χ3n) is 3.42. The average Bonchev–Trinajstić information content (AvgIpc) is 2.55. The molecule has 2 aromatic carbocycles. The Morgan fingerprint density at radius 1 is 1.04 bits per heavy atom. The molecular formula is C17H17ClFNO3S. The van der Waals surface area contributed by atoms with E-state index in [1.807, 2.05) is 0 Å². The normalized spacial score (nSPS) is 11.2. The summed E-state index contributed by atoms with van der Waals surface area (Å²) in [5.41, 5.74) is 0.894. The molecule has 2 aromatic rings. The van der Waals surface area contributed by atoms with E-state index in [1.54, 1.807) is 12.1 Å². The number of benzene rings is 2. The second-order valence-electron chi connectivity index (χ2n) is 5.25. The number of amides is 1. The van der Waals surface area contributed by atoms with Crippen molar-refractivity contribution in [2.45, 2.75) is 17.7 Å². The largest absolute Gasteiger partial charge is 0.356 e. The fraction of sp³-hybridized carbons (Fsp3) is 0.235. The molecule has 0 bridgehead atoms. The van der Waals surface area contributed by atoms with Gasteiger partial charge in [0.05, 0.1) is 10.6 Å². The first kappa shape index (κ1) is 18.4. The van der Waals surface area contributed by atoms with Gasteiger partial charge < -0.3 is 5.32 Å². The van der Waals surface area contributed by atoms with Crippen molar-refractivity contribution >= 4 is 27.3 Å². The van der Waals surface area contributed by atoms with Crippen LogP contribution in [0.5, 0.6) is 0 Å². The highest BCUT2D eigenvalue weighted by Crippen LogP contribution is 2.16. The van der Waals surface area contributed by atoms with Crippen molar-refractivity contribution in [2.75, 3.05) is 12.3 Å². The summed E-state index contributed by atoms with van der Waals surface area (Å²) in [6.07, 6.45) is 0.435. The maximum atomic E-state index is 12.8. The molecule has 0 aliphatic heterocycles. The summed E-state index contributed by atoms with van der Waals surface area (Å²) in [5.74, 6) is -0.915. The average molecular weight is 370 g/mol. The Hall–Kier alpha value is -1.92. The summed E-state index contributed by atoms with van der Waals surface area (Å²) in [6.45, 7) is 0.367. The zero-order valence-electron chi connectivity index (χ0n) is 12.8. The van der Waals surface area contributed by atoms with E-state index in [2.05, 4.69) is 5.32 Å². The van der Waals surface area contributed by atoms with E-state index in [4.69, 9.17) is 11.6 Å². The van der Waals surface area contributed by atoms with E-state index in [9.17, 15) is 17.6 Å². The Morgan fingerprint density at radius 3 is 2.29 bits per heavy atom. The number of halogens is 2. The van der Waals surface area contributed by atoms with Crippen molar-refractivity contribution < 1.29 is 17.6 Å². The Labute approximate surface area is 145 Å². The second-order valence-corrected chi connectivity index (χ2v) is 7.79. The topological polar surface area (TPSA) is 63.2 Å². The third-order valence-corrected chi connectivity index (χ3v) is 5.40. The van der Waals surface area contributed by atoms with Gasteiger partial charge in [0.1, 0.15) is 5.82 Å². The van der Waals surface area contributed by atoms with E-state index in [0.717, 1.165) is 5.56 Å². The quantitative estimate of drug-likeness (QED) is 0.816. The predicted octanol–water partition coefficient (Wildman–Crippen LogP) is 3.00. The number of sulfone groups is 1. The van der Waals surface area contributed by atoms with Crippen LogP contribution in [-0.4, -0.2) is 26.6 Å². The minimum atomic E-state index is -3.52. The Morgan fingerprint density at radius 2 is 1.67 bits per heavy atom. The highest BCUT2D eigenvalue weighted by atomic mass is 35.5. The molecule has 24 heavy (non-hydrogen) atoms. The minimum Gasteiger partial charge on any atom is -0.356 e. The molecule has 0 saturated heterocycles. The van der Waals surface area contributed by atoms with Crippen molar-refractivity contribution in [3.63, 3.8) is 0 Å². The Bertz CT molecular complexity index is 790. The zero-order valence-corrected chi connectivity index (χ0v) is 14.4. The standard InChI is InChI=1S/C17H17ClFNO3S/c18-14-3-7-16(8-4-14)24(22,23)12-10-17(21)20-11-9-13-1-5-15(19)6-2-13/h1-8H,9-12H2,(H,20,21). The molecule has 2 rings (SSSR count). The van der Waals surface area contributed by atoms with Gasteiger partial charge in [0.2, 0.25) is 5.91 Å². The molecule has 0 spiro atoms. The molecule has 0 heterocycles. The molecule has 1 amide bonds. The maximum absolute atomic E-state index is 12.8. The third kappa shape index (κ3) is 5.62. The summed E-state index contributed by atoms with van der Waals surface area (Å²) in [7, 11) is -3.52. The summed E-state index contributed by atoms with van der Waals surface area (Å²) >= 11 is 5.73. The van der Waals surface area contributed by atoms with Gasteiger partial charge in [-0.15, -0.1) is 0 Å². The maximum Gasteiger partial charge on any atom is 0.221 e. The molecule has 0 aliphatic carbocycles. The molecule has 4 nitrogen and oxygen atoms in total. The van der Waals surface area contributed by atoms with E-state index in [0.29, 0.717) is 18.0 Å². The van der Waals surface area contributed by atoms with E-state index in [1.165, 1.54) is 36.4 Å². The highest BCUT2D eigenvalue weighted by Gasteiger charge is 2.16. The molecular weight excluding hydrogens is 353 g/mol. The summed E-state index contributed by atoms with van der Waals surface area (Å²) in [4.78, 5) is 11.9. The molecule has 0 unspecified atom stereocenters. The molecule has 1 N–H and O–H groups in total. The van der Waals surface area contributed by atoms with Gasteiger partial charge in [0.15, 0.2) is 9.84 Å².